The Labute approximate surface area is 130 Å². The van der Waals surface area contributed by atoms with Crippen molar-refractivity contribution in [2.45, 2.75) is 4.21 Å². The monoisotopic (exact) mass is 337 g/mol. The second kappa shape index (κ2) is 5.73. The van der Waals surface area contributed by atoms with Gasteiger partial charge in [0.1, 0.15) is 17.8 Å². The standard InChI is InChI=1S/C12H11N5O3S2/c1-20-10-3-6-21-12(10)22(18,19)16-9-7-13-8-14-11(9)17-5-2-4-15-17/h2-8,16H,1H3. The van der Waals surface area contributed by atoms with Crippen LogP contribution in [0.25, 0.3) is 5.82 Å². The maximum atomic E-state index is 12.5. The number of sulfonamides is 1. The summed E-state index contributed by atoms with van der Waals surface area (Å²) < 4.78 is 34.1. The van der Waals surface area contributed by atoms with Crippen LogP contribution in [0.1, 0.15) is 0 Å². The highest BCUT2D eigenvalue weighted by atomic mass is 32.2. The molecule has 0 aliphatic heterocycles. The molecule has 0 aromatic carbocycles. The van der Waals surface area contributed by atoms with Gasteiger partial charge < -0.3 is 4.74 Å². The van der Waals surface area contributed by atoms with E-state index >= 15 is 0 Å². The van der Waals surface area contributed by atoms with Crippen molar-refractivity contribution < 1.29 is 13.2 Å². The maximum absolute atomic E-state index is 12.5. The van der Waals surface area contributed by atoms with E-state index in [0.29, 0.717) is 5.82 Å². The predicted molar refractivity (Wildman–Crippen MR) is 80.8 cm³/mol. The quantitative estimate of drug-likeness (QED) is 0.758. The molecule has 3 rings (SSSR count). The van der Waals surface area contributed by atoms with Crippen LogP contribution in [0.3, 0.4) is 0 Å². The van der Waals surface area contributed by atoms with E-state index in [2.05, 4.69) is 19.8 Å². The molecule has 0 unspecified atom stereocenters. The summed E-state index contributed by atoms with van der Waals surface area (Å²) in [6.45, 7) is 0. The Kier molecular flexibility index (Phi) is 3.77. The molecule has 0 radical (unpaired) electrons. The number of nitrogens with one attached hydrogen (secondary N) is 1. The number of aromatic nitrogens is 4. The second-order valence-electron chi connectivity index (χ2n) is 4.09. The molecule has 3 aromatic heterocycles. The van der Waals surface area contributed by atoms with Gasteiger partial charge in [0.15, 0.2) is 10.0 Å². The number of anilines is 1. The molecule has 10 heteroatoms. The molecule has 0 saturated heterocycles. The molecule has 0 bridgehead atoms. The van der Waals surface area contributed by atoms with Crippen LogP contribution < -0.4 is 9.46 Å². The van der Waals surface area contributed by atoms with Crippen LogP contribution in [-0.4, -0.2) is 35.3 Å². The van der Waals surface area contributed by atoms with Crippen LogP contribution in [0, 0.1) is 0 Å². The summed E-state index contributed by atoms with van der Waals surface area (Å²) in [6.07, 6.45) is 5.93. The van der Waals surface area contributed by atoms with Crippen molar-refractivity contribution in [1.82, 2.24) is 19.7 Å². The number of hydrogen-bond donors (Lipinski definition) is 1. The normalized spacial score (nSPS) is 11.3. The van der Waals surface area contributed by atoms with Crippen LogP contribution in [-0.2, 0) is 10.0 Å². The van der Waals surface area contributed by atoms with Gasteiger partial charge in [-0.15, -0.1) is 11.3 Å². The molecular weight excluding hydrogens is 326 g/mol. The molecular formula is C12H11N5O3S2. The SMILES string of the molecule is COc1ccsc1S(=O)(=O)Nc1cncnc1-n1cccn1. The Balaban J connectivity index is 2.00. The van der Waals surface area contributed by atoms with Gasteiger partial charge in [0.25, 0.3) is 10.0 Å². The number of hydrogen-bond acceptors (Lipinski definition) is 7. The summed E-state index contributed by atoms with van der Waals surface area (Å²) in [4.78, 5) is 7.92. The number of rotatable bonds is 5. The molecule has 1 N–H and O–H groups in total. The van der Waals surface area contributed by atoms with E-state index < -0.39 is 10.0 Å². The van der Waals surface area contributed by atoms with Gasteiger partial charge in [-0.2, -0.15) is 5.10 Å². The summed E-state index contributed by atoms with van der Waals surface area (Å²) in [5, 5.41) is 5.69. The summed E-state index contributed by atoms with van der Waals surface area (Å²) in [7, 11) is -2.39. The van der Waals surface area contributed by atoms with Gasteiger partial charge in [-0.25, -0.2) is 23.1 Å². The van der Waals surface area contributed by atoms with Gasteiger partial charge >= 0.3 is 0 Å². The van der Waals surface area contributed by atoms with Gasteiger partial charge in [-0.05, 0) is 17.5 Å². The van der Waals surface area contributed by atoms with Crippen molar-refractivity contribution >= 4 is 27.0 Å². The van der Waals surface area contributed by atoms with Crippen molar-refractivity contribution in [3.63, 3.8) is 0 Å². The molecule has 0 atom stereocenters. The highest BCUT2D eigenvalue weighted by molar-refractivity contribution is 7.94. The lowest BCUT2D eigenvalue weighted by Crippen LogP contribution is -2.15. The van der Waals surface area contributed by atoms with Gasteiger partial charge in [0, 0.05) is 12.4 Å². The Bertz CT molecular complexity index is 874. The first-order valence-corrected chi connectivity index (χ1v) is 8.42. The van der Waals surface area contributed by atoms with E-state index in [-0.39, 0.29) is 15.6 Å². The van der Waals surface area contributed by atoms with Crippen molar-refractivity contribution in [3.8, 4) is 11.6 Å². The highest BCUT2D eigenvalue weighted by Gasteiger charge is 2.23. The first-order valence-electron chi connectivity index (χ1n) is 6.06. The smallest absolute Gasteiger partial charge is 0.275 e. The second-order valence-corrected chi connectivity index (χ2v) is 6.89. The Morgan fingerprint density at radius 1 is 1.41 bits per heavy atom. The maximum Gasteiger partial charge on any atom is 0.275 e. The average molecular weight is 337 g/mol. The molecule has 3 aromatic rings. The third-order valence-electron chi connectivity index (χ3n) is 2.72. The lowest BCUT2D eigenvalue weighted by atomic mass is 10.5. The van der Waals surface area contributed by atoms with Crippen LogP contribution in [0.4, 0.5) is 5.69 Å². The van der Waals surface area contributed by atoms with Gasteiger partial charge in [-0.3, -0.25) is 4.72 Å². The van der Waals surface area contributed by atoms with Crippen molar-refractivity contribution in [2.24, 2.45) is 0 Å². The largest absolute Gasteiger partial charge is 0.494 e. The lowest BCUT2D eigenvalue weighted by Gasteiger charge is -2.11. The third-order valence-corrected chi connectivity index (χ3v) is 5.53. The number of nitrogens with zero attached hydrogens (tertiary/aromatic N) is 4. The third kappa shape index (κ3) is 2.65. The molecule has 22 heavy (non-hydrogen) atoms. The zero-order chi connectivity index (χ0) is 15.6. The Hall–Kier alpha value is -2.46. The van der Waals surface area contributed by atoms with E-state index in [1.54, 1.807) is 29.9 Å². The first kappa shape index (κ1) is 14.5. The first-order chi connectivity index (χ1) is 10.6. The minimum atomic E-state index is -3.80. The minimum absolute atomic E-state index is 0.0882. The molecule has 114 valence electrons. The van der Waals surface area contributed by atoms with E-state index in [0.717, 1.165) is 11.3 Å². The van der Waals surface area contributed by atoms with Crippen molar-refractivity contribution in [1.29, 1.82) is 0 Å². The van der Waals surface area contributed by atoms with Crippen molar-refractivity contribution in [2.75, 3.05) is 11.8 Å². The molecule has 0 amide bonds. The van der Waals surface area contributed by atoms with Crippen molar-refractivity contribution in [3.05, 3.63) is 42.4 Å². The van der Waals surface area contributed by atoms with Crippen LogP contribution >= 0.6 is 11.3 Å². The fourth-order valence-electron chi connectivity index (χ4n) is 1.79. The summed E-state index contributed by atoms with van der Waals surface area (Å²) in [6, 6.07) is 3.30. The van der Waals surface area contributed by atoms with Gasteiger partial charge in [0.05, 0.1) is 13.3 Å². The Morgan fingerprint density at radius 2 is 2.27 bits per heavy atom. The predicted octanol–water partition coefficient (Wildman–Crippen LogP) is 1.53. The molecule has 0 saturated carbocycles. The molecule has 0 spiro atoms. The van der Waals surface area contributed by atoms with E-state index in [4.69, 9.17) is 4.74 Å². The van der Waals surface area contributed by atoms with Crippen LogP contribution in [0.15, 0.2) is 46.6 Å². The van der Waals surface area contributed by atoms with Crippen LogP contribution in [0.2, 0.25) is 0 Å². The number of ether oxygens (including phenoxy) is 1. The molecule has 0 aliphatic carbocycles. The Morgan fingerprint density at radius 3 is 3.00 bits per heavy atom. The zero-order valence-electron chi connectivity index (χ0n) is 11.4. The highest BCUT2D eigenvalue weighted by Crippen LogP contribution is 2.31. The number of methoxy groups -OCH3 is 1. The summed E-state index contributed by atoms with van der Waals surface area (Å²) in [5.41, 5.74) is 0.224. The topological polar surface area (TPSA) is 99.0 Å². The molecule has 0 fully saturated rings. The number of thiophene rings is 1. The van der Waals surface area contributed by atoms with Gasteiger partial charge in [-0.1, -0.05) is 0 Å². The molecule has 0 aliphatic rings. The summed E-state index contributed by atoms with van der Waals surface area (Å²) in [5.74, 6) is 0.620. The fraction of sp³-hybridized carbons (Fsp3) is 0.0833. The van der Waals surface area contributed by atoms with Crippen LogP contribution in [0.5, 0.6) is 5.75 Å². The van der Waals surface area contributed by atoms with E-state index in [1.807, 2.05) is 0 Å². The van der Waals surface area contributed by atoms with E-state index in [9.17, 15) is 8.42 Å². The average Bonchev–Trinajstić information content (AvgIpc) is 3.19. The molecule has 8 nitrogen and oxygen atoms in total. The fourth-order valence-corrected chi connectivity index (χ4v) is 4.12. The van der Waals surface area contributed by atoms with Gasteiger partial charge in [0.2, 0.25) is 0 Å². The minimum Gasteiger partial charge on any atom is -0.494 e. The zero-order valence-corrected chi connectivity index (χ0v) is 13.0. The summed E-state index contributed by atoms with van der Waals surface area (Å²) >= 11 is 1.06. The lowest BCUT2D eigenvalue weighted by molar-refractivity contribution is 0.406. The molecule has 3 heterocycles. The van der Waals surface area contributed by atoms with E-state index in [1.165, 1.54) is 24.3 Å².